The van der Waals surface area contributed by atoms with E-state index in [-0.39, 0.29) is 5.97 Å². The van der Waals surface area contributed by atoms with E-state index in [1.165, 1.54) is 19.1 Å². The first-order chi connectivity index (χ1) is 9.10. The molecule has 3 heteroatoms. The van der Waals surface area contributed by atoms with E-state index < -0.39 is 0 Å². The number of carbonyl (C=O) groups is 1. The summed E-state index contributed by atoms with van der Waals surface area (Å²) in [6.45, 7) is 9.79. The van der Waals surface area contributed by atoms with Crippen LogP contribution in [-0.4, -0.2) is 31.1 Å². The predicted molar refractivity (Wildman–Crippen MR) is 78.2 cm³/mol. The molecular weight excluding hydrogens is 238 g/mol. The van der Waals surface area contributed by atoms with Crippen LogP contribution >= 0.6 is 0 Å². The number of carbonyl (C=O) groups excluding carboxylic acids is 1. The summed E-state index contributed by atoms with van der Waals surface area (Å²) in [7, 11) is 1.40. The summed E-state index contributed by atoms with van der Waals surface area (Å²) in [6, 6.07) is 7.67. The highest BCUT2D eigenvalue weighted by atomic mass is 16.5. The first-order valence-corrected chi connectivity index (χ1v) is 7.00. The fraction of sp³-hybridized carbons (Fsp3) is 0.562. The van der Waals surface area contributed by atoms with Crippen molar-refractivity contribution in [2.45, 2.75) is 33.7 Å². The Kier molecular flexibility index (Phi) is 6.57. The number of benzene rings is 1. The molecule has 0 radical (unpaired) electrons. The van der Waals surface area contributed by atoms with Crippen molar-refractivity contribution in [2.75, 3.05) is 20.2 Å². The van der Waals surface area contributed by atoms with Gasteiger partial charge in [-0.2, -0.15) is 0 Å². The molecule has 19 heavy (non-hydrogen) atoms. The lowest BCUT2D eigenvalue weighted by Gasteiger charge is -2.23. The summed E-state index contributed by atoms with van der Waals surface area (Å²) in [5, 5.41) is 0. The molecular formula is C16H25NO2. The SMILES string of the molecule is CCC(C)CN(CC)Cc1ccc(C(=O)OC)cc1. The lowest BCUT2D eigenvalue weighted by Crippen LogP contribution is -2.27. The van der Waals surface area contributed by atoms with E-state index in [9.17, 15) is 4.79 Å². The zero-order valence-electron chi connectivity index (χ0n) is 12.5. The maximum Gasteiger partial charge on any atom is 0.337 e. The van der Waals surface area contributed by atoms with Gasteiger partial charge in [0.15, 0.2) is 0 Å². The Balaban J connectivity index is 2.62. The van der Waals surface area contributed by atoms with Crippen LogP contribution in [0.25, 0.3) is 0 Å². The fourth-order valence-electron chi connectivity index (χ4n) is 2.00. The molecule has 1 unspecified atom stereocenters. The molecule has 0 spiro atoms. The second-order valence-corrected chi connectivity index (χ2v) is 5.03. The minimum absolute atomic E-state index is 0.279. The van der Waals surface area contributed by atoms with Crippen molar-refractivity contribution in [3.05, 3.63) is 35.4 Å². The largest absolute Gasteiger partial charge is 0.465 e. The molecule has 0 saturated heterocycles. The van der Waals surface area contributed by atoms with Crippen LogP contribution in [0.3, 0.4) is 0 Å². The van der Waals surface area contributed by atoms with Gasteiger partial charge in [-0.05, 0) is 30.2 Å². The Morgan fingerprint density at radius 2 is 1.89 bits per heavy atom. The van der Waals surface area contributed by atoms with Crippen LogP contribution in [0, 0.1) is 5.92 Å². The van der Waals surface area contributed by atoms with Gasteiger partial charge in [-0.15, -0.1) is 0 Å². The zero-order chi connectivity index (χ0) is 14.3. The molecule has 106 valence electrons. The van der Waals surface area contributed by atoms with E-state index in [1.807, 2.05) is 24.3 Å². The highest BCUT2D eigenvalue weighted by molar-refractivity contribution is 5.89. The minimum atomic E-state index is -0.279. The number of hydrogen-bond donors (Lipinski definition) is 0. The highest BCUT2D eigenvalue weighted by Crippen LogP contribution is 2.11. The van der Waals surface area contributed by atoms with E-state index in [0.29, 0.717) is 11.5 Å². The summed E-state index contributed by atoms with van der Waals surface area (Å²) >= 11 is 0. The summed E-state index contributed by atoms with van der Waals surface area (Å²) in [5.41, 5.74) is 1.84. The molecule has 3 nitrogen and oxygen atoms in total. The predicted octanol–water partition coefficient (Wildman–Crippen LogP) is 3.34. The van der Waals surface area contributed by atoms with Crippen molar-refractivity contribution in [2.24, 2.45) is 5.92 Å². The van der Waals surface area contributed by atoms with Crippen molar-refractivity contribution >= 4 is 5.97 Å². The Morgan fingerprint density at radius 3 is 2.37 bits per heavy atom. The van der Waals surface area contributed by atoms with Gasteiger partial charge < -0.3 is 4.74 Å². The molecule has 0 bridgehead atoms. The maximum atomic E-state index is 11.4. The fourth-order valence-corrected chi connectivity index (χ4v) is 2.00. The van der Waals surface area contributed by atoms with Gasteiger partial charge in [-0.25, -0.2) is 4.79 Å². The molecule has 1 aromatic carbocycles. The van der Waals surface area contributed by atoms with Crippen LogP contribution in [-0.2, 0) is 11.3 Å². The van der Waals surface area contributed by atoms with Crippen LogP contribution < -0.4 is 0 Å². The van der Waals surface area contributed by atoms with Crippen LogP contribution in [0.5, 0.6) is 0 Å². The first-order valence-electron chi connectivity index (χ1n) is 7.00. The second kappa shape index (κ2) is 7.95. The Bertz CT molecular complexity index is 386. The van der Waals surface area contributed by atoms with Gasteiger partial charge in [0.05, 0.1) is 12.7 Å². The van der Waals surface area contributed by atoms with Crippen LogP contribution in [0.1, 0.15) is 43.1 Å². The average molecular weight is 263 g/mol. The van der Waals surface area contributed by atoms with Gasteiger partial charge in [0.1, 0.15) is 0 Å². The molecule has 0 amide bonds. The molecule has 1 aromatic rings. The molecule has 0 aliphatic carbocycles. The molecule has 1 rings (SSSR count). The molecule has 0 aromatic heterocycles. The Hall–Kier alpha value is -1.35. The standard InChI is InChI=1S/C16H25NO2/c1-5-13(3)11-17(6-2)12-14-7-9-15(10-8-14)16(18)19-4/h7-10,13H,5-6,11-12H2,1-4H3. The molecule has 1 atom stereocenters. The van der Waals surface area contributed by atoms with E-state index in [0.717, 1.165) is 19.6 Å². The lowest BCUT2D eigenvalue weighted by molar-refractivity contribution is 0.0600. The van der Waals surface area contributed by atoms with Gasteiger partial charge in [0.2, 0.25) is 0 Å². The average Bonchev–Trinajstić information content (AvgIpc) is 2.46. The summed E-state index contributed by atoms with van der Waals surface area (Å²) in [4.78, 5) is 13.8. The molecule has 0 N–H and O–H groups in total. The number of esters is 1. The van der Waals surface area contributed by atoms with Crippen LogP contribution in [0.4, 0.5) is 0 Å². The maximum absolute atomic E-state index is 11.4. The number of ether oxygens (including phenoxy) is 1. The van der Waals surface area contributed by atoms with Crippen molar-refractivity contribution in [3.8, 4) is 0 Å². The van der Waals surface area contributed by atoms with Gasteiger partial charge in [-0.3, -0.25) is 4.90 Å². The monoisotopic (exact) mass is 263 g/mol. The smallest absolute Gasteiger partial charge is 0.337 e. The topological polar surface area (TPSA) is 29.5 Å². The number of hydrogen-bond acceptors (Lipinski definition) is 3. The van der Waals surface area contributed by atoms with Crippen LogP contribution in [0.15, 0.2) is 24.3 Å². The van der Waals surface area contributed by atoms with Crippen LogP contribution in [0.2, 0.25) is 0 Å². The Labute approximate surface area is 116 Å². The van der Waals surface area contributed by atoms with E-state index in [4.69, 9.17) is 4.74 Å². The number of methoxy groups -OCH3 is 1. The minimum Gasteiger partial charge on any atom is -0.465 e. The molecule has 0 aliphatic heterocycles. The third-order valence-electron chi connectivity index (χ3n) is 3.50. The second-order valence-electron chi connectivity index (χ2n) is 5.03. The van der Waals surface area contributed by atoms with Crippen molar-refractivity contribution in [1.29, 1.82) is 0 Å². The number of rotatable bonds is 7. The number of nitrogens with zero attached hydrogens (tertiary/aromatic N) is 1. The van der Waals surface area contributed by atoms with Gasteiger partial charge in [0, 0.05) is 13.1 Å². The summed E-state index contributed by atoms with van der Waals surface area (Å²) in [5.74, 6) is 0.438. The molecule has 0 saturated carbocycles. The van der Waals surface area contributed by atoms with Crippen molar-refractivity contribution in [3.63, 3.8) is 0 Å². The zero-order valence-corrected chi connectivity index (χ0v) is 12.5. The highest BCUT2D eigenvalue weighted by Gasteiger charge is 2.09. The van der Waals surface area contributed by atoms with Crippen molar-refractivity contribution < 1.29 is 9.53 Å². The molecule has 0 fully saturated rings. The molecule has 0 heterocycles. The normalized spacial score (nSPS) is 12.5. The van der Waals surface area contributed by atoms with E-state index >= 15 is 0 Å². The quantitative estimate of drug-likeness (QED) is 0.707. The van der Waals surface area contributed by atoms with E-state index in [2.05, 4.69) is 25.7 Å². The third kappa shape index (κ3) is 5.03. The molecule has 0 aliphatic rings. The van der Waals surface area contributed by atoms with Gasteiger partial charge in [-0.1, -0.05) is 39.3 Å². The third-order valence-corrected chi connectivity index (χ3v) is 3.50. The lowest BCUT2D eigenvalue weighted by atomic mass is 10.1. The Morgan fingerprint density at radius 1 is 1.26 bits per heavy atom. The van der Waals surface area contributed by atoms with E-state index in [1.54, 1.807) is 0 Å². The first kappa shape index (κ1) is 15.7. The van der Waals surface area contributed by atoms with Gasteiger partial charge in [0.25, 0.3) is 0 Å². The van der Waals surface area contributed by atoms with Gasteiger partial charge >= 0.3 is 5.97 Å². The van der Waals surface area contributed by atoms with Crippen molar-refractivity contribution in [1.82, 2.24) is 4.90 Å². The summed E-state index contributed by atoms with van der Waals surface area (Å²) in [6.07, 6.45) is 1.21. The summed E-state index contributed by atoms with van der Waals surface area (Å²) < 4.78 is 4.70.